The second kappa shape index (κ2) is 6.01. The Morgan fingerprint density at radius 1 is 1.22 bits per heavy atom. The molecule has 2 aromatic rings. The summed E-state index contributed by atoms with van der Waals surface area (Å²) in [5, 5.41) is 4.18. The van der Waals surface area contributed by atoms with Crippen molar-refractivity contribution in [1.29, 1.82) is 0 Å². The zero-order chi connectivity index (χ0) is 16.6. The summed E-state index contributed by atoms with van der Waals surface area (Å²) in [5.74, 6) is 0.995. The van der Waals surface area contributed by atoms with Crippen LogP contribution in [0.4, 0.5) is 0 Å². The lowest BCUT2D eigenvalue weighted by Gasteiger charge is -2.29. The molecule has 3 heterocycles. The van der Waals surface area contributed by atoms with E-state index in [1.165, 1.54) is 10.6 Å². The van der Waals surface area contributed by atoms with Gasteiger partial charge in [-0.3, -0.25) is 4.68 Å². The van der Waals surface area contributed by atoms with Crippen LogP contribution in [0.1, 0.15) is 30.3 Å². The quantitative estimate of drug-likeness (QED) is 0.845. The molecule has 2 aromatic heterocycles. The Morgan fingerprint density at radius 3 is 2.48 bits per heavy atom. The summed E-state index contributed by atoms with van der Waals surface area (Å²) in [6.45, 7) is 3.01. The van der Waals surface area contributed by atoms with Crippen molar-refractivity contribution in [3.05, 3.63) is 29.8 Å². The largest absolute Gasteiger partial charge is 0.266 e. The van der Waals surface area contributed by atoms with E-state index in [0.717, 1.165) is 35.7 Å². The van der Waals surface area contributed by atoms with Gasteiger partial charge in [0.15, 0.2) is 0 Å². The molecule has 7 nitrogen and oxygen atoms in total. The van der Waals surface area contributed by atoms with Gasteiger partial charge in [-0.15, -0.1) is 0 Å². The van der Waals surface area contributed by atoms with Crippen LogP contribution in [0, 0.1) is 6.92 Å². The summed E-state index contributed by atoms with van der Waals surface area (Å²) in [6, 6.07) is 3.88. The number of aromatic nitrogens is 4. The van der Waals surface area contributed by atoms with Gasteiger partial charge in [0.2, 0.25) is 10.0 Å². The van der Waals surface area contributed by atoms with Gasteiger partial charge in [0.05, 0.1) is 17.6 Å². The molecule has 3 rings (SSSR count). The SMILES string of the molecule is Cc1cc(-c2ccnn2C)nc(C2CCN(S(C)(=O)=O)CC2)n1. The molecule has 1 aliphatic heterocycles. The normalized spacial score (nSPS) is 17.5. The van der Waals surface area contributed by atoms with Crippen molar-refractivity contribution in [3.63, 3.8) is 0 Å². The van der Waals surface area contributed by atoms with Crippen LogP contribution in [0.25, 0.3) is 11.4 Å². The van der Waals surface area contributed by atoms with E-state index in [1.54, 1.807) is 10.9 Å². The summed E-state index contributed by atoms with van der Waals surface area (Å²) >= 11 is 0. The highest BCUT2D eigenvalue weighted by Crippen LogP contribution is 2.28. The van der Waals surface area contributed by atoms with Gasteiger partial charge in [0, 0.05) is 37.9 Å². The highest BCUT2D eigenvalue weighted by Gasteiger charge is 2.27. The second-order valence-corrected chi connectivity index (χ2v) is 8.01. The van der Waals surface area contributed by atoms with E-state index >= 15 is 0 Å². The van der Waals surface area contributed by atoms with Gasteiger partial charge < -0.3 is 0 Å². The van der Waals surface area contributed by atoms with Crippen molar-refractivity contribution in [3.8, 4) is 11.4 Å². The molecule has 0 amide bonds. The third-order valence-electron chi connectivity index (χ3n) is 4.24. The van der Waals surface area contributed by atoms with Crippen molar-refractivity contribution >= 4 is 10.0 Å². The van der Waals surface area contributed by atoms with Gasteiger partial charge >= 0.3 is 0 Å². The molecule has 0 N–H and O–H groups in total. The highest BCUT2D eigenvalue weighted by atomic mass is 32.2. The van der Waals surface area contributed by atoms with E-state index in [2.05, 4.69) is 10.1 Å². The molecule has 124 valence electrons. The van der Waals surface area contributed by atoms with E-state index in [9.17, 15) is 8.42 Å². The van der Waals surface area contributed by atoms with E-state index in [4.69, 9.17) is 4.98 Å². The fourth-order valence-corrected chi connectivity index (χ4v) is 3.85. The molecule has 0 radical (unpaired) electrons. The third-order valence-corrected chi connectivity index (χ3v) is 5.55. The molecule has 8 heteroatoms. The van der Waals surface area contributed by atoms with Gasteiger partial charge in [-0.2, -0.15) is 5.10 Å². The zero-order valence-electron chi connectivity index (χ0n) is 13.6. The number of rotatable bonds is 3. The Kier molecular flexibility index (Phi) is 4.20. The smallest absolute Gasteiger partial charge is 0.211 e. The van der Waals surface area contributed by atoms with Crippen LogP contribution in [0.15, 0.2) is 18.3 Å². The minimum atomic E-state index is -3.11. The van der Waals surface area contributed by atoms with Gasteiger partial charge in [-0.05, 0) is 31.9 Å². The molecule has 0 spiro atoms. The molecule has 0 atom stereocenters. The van der Waals surface area contributed by atoms with Crippen molar-refractivity contribution in [2.45, 2.75) is 25.7 Å². The first-order chi connectivity index (χ1) is 10.8. The summed E-state index contributed by atoms with van der Waals surface area (Å²) < 4.78 is 26.5. The molecule has 0 unspecified atom stereocenters. The van der Waals surface area contributed by atoms with Crippen molar-refractivity contribution < 1.29 is 8.42 Å². The summed E-state index contributed by atoms with van der Waals surface area (Å²) in [7, 11) is -1.22. The molecule has 0 aromatic carbocycles. The van der Waals surface area contributed by atoms with Gasteiger partial charge in [-0.25, -0.2) is 22.7 Å². The maximum absolute atomic E-state index is 11.6. The topological polar surface area (TPSA) is 81.0 Å². The number of hydrogen-bond donors (Lipinski definition) is 0. The maximum Gasteiger partial charge on any atom is 0.211 e. The molecule has 1 saturated heterocycles. The summed E-state index contributed by atoms with van der Waals surface area (Å²) in [4.78, 5) is 9.28. The molecular formula is C15H21N5O2S. The second-order valence-electron chi connectivity index (χ2n) is 6.03. The first kappa shape index (κ1) is 16.1. The zero-order valence-corrected chi connectivity index (χ0v) is 14.4. The van der Waals surface area contributed by atoms with Crippen LogP contribution in [-0.4, -0.2) is 51.8 Å². The Bertz CT molecular complexity index is 807. The molecule has 23 heavy (non-hydrogen) atoms. The van der Waals surface area contributed by atoms with Crippen LogP contribution in [0.5, 0.6) is 0 Å². The number of hydrogen-bond acceptors (Lipinski definition) is 5. The fourth-order valence-electron chi connectivity index (χ4n) is 2.98. The Balaban J connectivity index is 1.85. The first-order valence-corrected chi connectivity index (χ1v) is 9.48. The minimum Gasteiger partial charge on any atom is -0.266 e. The van der Waals surface area contributed by atoms with Gasteiger partial charge in [-0.1, -0.05) is 0 Å². The minimum absolute atomic E-state index is 0.194. The predicted octanol–water partition coefficient (Wildman–Crippen LogP) is 1.32. The van der Waals surface area contributed by atoms with Crippen molar-refractivity contribution in [1.82, 2.24) is 24.1 Å². The molecule has 1 aliphatic rings. The lowest BCUT2D eigenvalue weighted by molar-refractivity contribution is 0.315. The number of piperidine rings is 1. The van der Waals surface area contributed by atoms with E-state index in [-0.39, 0.29) is 5.92 Å². The van der Waals surface area contributed by atoms with Crippen molar-refractivity contribution in [2.24, 2.45) is 7.05 Å². The Labute approximate surface area is 136 Å². The van der Waals surface area contributed by atoms with E-state index in [1.807, 2.05) is 26.1 Å². The van der Waals surface area contributed by atoms with Gasteiger partial charge in [0.25, 0.3) is 0 Å². The lowest BCUT2D eigenvalue weighted by Crippen LogP contribution is -2.37. The van der Waals surface area contributed by atoms with Crippen LogP contribution < -0.4 is 0 Å². The van der Waals surface area contributed by atoms with Crippen LogP contribution >= 0.6 is 0 Å². The molecule has 0 saturated carbocycles. The standard InChI is InChI=1S/C15H21N5O2S/c1-11-10-13(14-4-7-16-19(14)2)18-15(17-11)12-5-8-20(9-6-12)23(3,21)22/h4,7,10,12H,5-6,8-9H2,1-3H3. The third kappa shape index (κ3) is 3.42. The summed E-state index contributed by atoms with van der Waals surface area (Å²) in [6.07, 6.45) is 4.51. The van der Waals surface area contributed by atoms with Gasteiger partial charge in [0.1, 0.15) is 5.82 Å². The van der Waals surface area contributed by atoms with Crippen LogP contribution in [0.3, 0.4) is 0 Å². The van der Waals surface area contributed by atoms with Crippen LogP contribution in [-0.2, 0) is 17.1 Å². The number of nitrogens with zero attached hydrogens (tertiary/aromatic N) is 5. The highest BCUT2D eigenvalue weighted by molar-refractivity contribution is 7.88. The summed E-state index contributed by atoms with van der Waals surface area (Å²) in [5.41, 5.74) is 2.72. The van der Waals surface area contributed by atoms with E-state index in [0.29, 0.717) is 13.1 Å². The average Bonchev–Trinajstić information content (AvgIpc) is 2.92. The average molecular weight is 335 g/mol. The molecule has 0 aliphatic carbocycles. The molecule has 0 bridgehead atoms. The number of aryl methyl sites for hydroxylation is 2. The monoisotopic (exact) mass is 335 g/mol. The van der Waals surface area contributed by atoms with Crippen molar-refractivity contribution in [2.75, 3.05) is 19.3 Å². The van der Waals surface area contributed by atoms with Crippen LogP contribution in [0.2, 0.25) is 0 Å². The number of sulfonamides is 1. The fraction of sp³-hybridized carbons (Fsp3) is 0.533. The maximum atomic E-state index is 11.6. The Hall–Kier alpha value is -1.80. The van der Waals surface area contributed by atoms with E-state index < -0.39 is 10.0 Å². The lowest BCUT2D eigenvalue weighted by atomic mass is 9.97. The molecule has 1 fully saturated rings. The molecular weight excluding hydrogens is 314 g/mol. The predicted molar refractivity (Wildman–Crippen MR) is 87.4 cm³/mol. The Morgan fingerprint density at radius 2 is 1.91 bits per heavy atom. The first-order valence-electron chi connectivity index (χ1n) is 7.63.